The maximum Gasteiger partial charge on any atom is 0.238 e. The van der Waals surface area contributed by atoms with Gasteiger partial charge in [-0.05, 0) is 73.4 Å². The molecule has 6 unspecified atom stereocenters. The molecule has 6 atom stereocenters. The minimum Gasteiger partial charge on any atom is -0.508 e. The molecule has 4 saturated heterocycles. The van der Waals surface area contributed by atoms with Crippen LogP contribution in [0, 0.1) is 29.6 Å². The summed E-state index contributed by atoms with van der Waals surface area (Å²) in [4.78, 5) is 64.7. The Labute approximate surface area is 307 Å². The highest BCUT2D eigenvalue weighted by Crippen LogP contribution is 2.59. The van der Waals surface area contributed by atoms with Gasteiger partial charge in [0.1, 0.15) is 11.5 Å². The van der Waals surface area contributed by atoms with Gasteiger partial charge in [0.15, 0.2) is 0 Å². The van der Waals surface area contributed by atoms with Crippen LogP contribution in [0.15, 0.2) is 78.4 Å². The molecular weight excluding hydrogens is 676 g/mol. The van der Waals surface area contributed by atoms with E-state index in [1.807, 2.05) is 54.6 Å². The molecule has 4 heterocycles. The topological polar surface area (TPSA) is 129 Å². The van der Waals surface area contributed by atoms with E-state index in [9.17, 15) is 24.3 Å². The van der Waals surface area contributed by atoms with Crippen LogP contribution in [0.4, 0.5) is 22.7 Å². The average Bonchev–Trinajstić information content (AvgIpc) is 3.61. The lowest BCUT2D eigenvalue weighted by Gasteiger charge is -2.44. The molecule has 0 radical (unpaired) electrons. The summed E-state index contributed by atoms with van der Waals surface area (Å²) in [5.41, 5.74) is 4.55. The molecule has 1 saturated carbocycles. The van der Waals surface area contributed by atoms with Gasteiger partial charge in [-0.15, -0.1) is 0 Å². The second kappa shape index (κ2) is 13.3. The number of fused-ring (bicyclic) bond motifs is 4. The molecule has 5 fully saturated rings. The van der Waals surface area contributed by atoms with E-state index >= 15 is 0 Å². The van der Waals surface area contributed by atoms with Crippen molar-refractivity contribution >= 4 is 46.4 Å². The Morgan fingerprint density at radius 3 is 1.68 bits per heavy atom. The molecule has 0 spiro atoms. The first-order valence-electron chi connectivity index (χ1n) is 18.5. The number of benzene rings is 3. The van der Waals surface area contributed by atoms with Crippen LogP contribution in [-0.2, 0) is 28.7 Å². The predicted octanol–water partition coefficient (Wildman–Crippen LogP) is 4.12. The van der Waals surface area contributed by atoms with Gasteiger partial charge in [0, 0.05) is 55.1 Å². The molecule has 12 nitrogen and oxygen atoms in total. The number of rotatable bonds is 6. The number of anilines is 4. The number of phenols is 1. The zero-order chi connectivity index (χ0) is 36.4. The number of ether oxygens (including phenoxy) is 3. The third-order valence-electron chi connectivity index (χ3n) is 12.2. The van der Waals surface area contributed by atoms with E-state index in [-0.39, 0.29) is 35.8 Å². The maximum atomic E-state index is 14.6. The van der Waals surface area contributed by atoms with E-state index < -0.39 is 35.5 Å². The molecule has 12 heteroatoms. The summed E-state index contributed by atoms with van der Waals surface area (Å²) >= 11 is 0. The summed E-state index contributed by atoms with van der Waals surface area (Å²) in [6.07, 6.45) is 2.63. The third-order valence-corrected chi connectivity index (χ3v) is 12.2. The number of amides is 4. The molecule has 0 bridgehead atoms. The van der Waals surface area contributed by atoms with Crippen molar-refractivity contribution in [2.45, 2.75) is 18.8 Å². The van der Waals surface area contributed by atoms with Crippen LogP contribution < -0.4 is 24.3 Å². The fourth-order valence-electron chi connectivity index (χ4n) is 9.67. The van der Waals surface area contributed by atoms with Crippen molar-refractivity contribution in [3.05, 3.63) is 83.9 Å². The van der Waals surface area contributed by atoms with E-state index in [0.29, 0.717) is 55.5 Å². The molecule has 53 heavy (non-hydrogen) atoms. The summed E-state index contributed by atoms with van der Waals surface area (Å²) in [5.74, 6) is -4.54. The minimum absolute atomic E-state index is 0.00912. The summed E-state index contributed by atoms with van der Waals surface area (Å²) < 4.78 is 16.7. The van der Waals surface area contributed by atoms with Gasteiger partial charge in [0.2, 0.25) is 23.6 Å². The van der Waals surface area contributed by atoms with Gasteiger partial charge in [-0.2, -0.15) is 0 Å². The van der Waals surface area contributed by atoms with Crippen molar-refractivity contribution in [2.75, 3.05) is 79.3 Å². The Balaban J connectivity index is 1.06. The van der Waals surface area contributed by atoms with Crippen LogP contribution in [0.1, 0.15) is 24.3 Å². The number of aromatic hydroxyl groups is 1. The second-order valence-corrected chi connectivity index (χ2v) is 14.7. The van der Waals surface area contributed by atoms with Crippen LogP contribution in [0.25, 0.3) is 0 Å². The molecule has 1 N–H and O–H groups in total. The molecule has 3 aromatic carbocycles. The zero-order valence-corrected chi connectivity index (χ0v) is 29.6. The molecule has 9 rings (SSSR count). The van der Waals surface area contributed by atoms with Crippen molar-refractivity contribution in [3.63, 3.8) is 0 Å². The van der Waals surface area contributed by atoms with Crippen LogP contribution >= 0.6 is 0 Å². The number of carbonyl (C=O) groups is 4. The highest BCUT2D eigenvalue weighted by atomic mass is 16.5. The smallest absolute Gasteiger partial charge is 0.238 e. The standard InChI is InChI=1S/C41H42N4O8/c1-51-34-22-28(46)10-11-30(34)35-29-12-13-31-36(40(49)44(38(31)47)26-6-2-24(3-7-26)42-14-18-52-19-15-42)32(29)23-33-37(35)41(50)45(39(33)48)27-8-4-25(5-9-27)43-16-20-53-21-17-43/h2-12,22,31-33,35-37,46H,13-21,23H2,1H3. The highest BCUT2D eigenvalue weighted by molar-refractivity contribution is 6.24. The van der Waals surface area contributed by atoms with Crippen LogP contribution in [-0.4, -0.2) is 88.5 Å². The first-order chi connectivity index (χ1) is 25.8. The molecular formula is C41H42N4O8. The van der Waals surface area contributed by atoms with Crippen molar-refractivity contribution < 1.29 is 38.5 Å². The summed E-state index contributed by atoms with van der Waals surface area (Å²) in [7, 11) is 1.51. The van der Waals surface area contributed by atoms with Gasteiger partial charge in [0.25, 0.3) is 0 Å². The third kappa shape index (κ3) is 5.49. The lowest BCUT2D eigenvalue weighted by atomic mass is 9.57. The SMILES string of the molecule is COc1cc(O)ccc1C1C2=CCC3C(=O)N(c4ccc(N5CCOCC5)cc4)C(=O)C3C2CC2C(=O)N(c3ccc(N4CCOCC4)cc3)C(=O)C21. The number of nitrogens with zero attached hydrogens (tertiary/aromatic N) is 4. The normalized spacial score (nSPS) is 28.5. The van der Waals surface area contributed by atoms with Crippen molar-refractivity contribution in [1.82, 2.24) is 0 Å². The molecule has 274 valence electrons. The lowest BCUT2D eigenvalue weighted by molar-refractivity contribution is -0.126. The van der Waals surface area contributed by atoms with E-state index in [0.717, 1.165) is 43.1 Å². The lowest BCUT2D eigenvalue weighted by Crippen LogP contribution is -2.43. The fourth-order valence-corrected chi connectivity index (χ4v) is 9.67. The van der Waals surface area contributed by atoms with Gasteiger partial charge >= 0.3 is 0 Å². The number of hydrogen-bond acceptors (Lipinski definition) is 10. The van der Waals surface area contributed by atoms with Crippen molar-refractivity contribution in [1.29, 1.82) is 0 Å². The molecule has 2 aliphatic carbocycles. The average molecular weight is 719 g/mol. The Morgan fingerprint density at radius 2 is 1.13 bits per heavy atom. The van der Waals surface area contributed by atoms with E-state index in [4.69, 9.17) is 14.2 Å². The van der Waals surface area contributed by atoms with Gasteiger partial charge in [-0.3, -0.25) is 29.0 Å². The van der Waals surface area contributed by atoms with Gasteiger partial charge in [-0.1, -0.05) is 17.7 Å². The molecule has 4 aliphatic heterocycles. The van der Waals surface area contributed by atoms with Crippen molar-refractivity contribution in [2.24, 2.45) is 29.6 Å². The highest BCUT2D eigenvalue weighted by Gasteiger charge is 2.62. The van der Waals surface area contributed by atoms with Gasteiger partial charge < -0.3 is 29.1 Å². The largest absolute Gasteiger partial charge is 0.508 e. The Morgan fingerprint density at radius 1 is 0.623 bits per heavy atom. The van der Waals surface area contributed by atoms with Gasteiger partial charge in [0.05, 0.1) is 68.6 Å². The van der Waals surface area contributed by atoms with E-state index in [1.165, 1.54) is 23.0 Å². The fraction of sp³-hybridized carbons (Fsp3) is 0.415. The second-order valence-electron chi connectivity index (χ2n) is 14.7. The Bertz CT molecular complexity index is 1990. The Hall–Kier alpha value is -5.20. The number of imide groups is 2. The van der Waals surface area contributed by atoms with Crippen LogP contribution in [0.2, 0.25) is 0 Å². The molecule has 0 aromatic heterocycles. The van der Waals surface area contributed by atoms with Crippen LogP contribution in [0.5, 0.6) is 11.5 Å². The Kier molecular flexibility index (Phi) is 8.46. The number of methoxy groups -OCH3 is 1. The number of allylic oxidation sites excluding steroid dienone is 2. The maximum absolute atomic E-state index is 14.6. The molecule has 3 aromatic rings. The monoisotopic (exact) mass is 718 g/mol. The zero-order valence-electron chi connectivity index (χ0n) is 29.6. The number of carbonyl (C=O) groups excluding carboxylic acids is 4. The quantitative estimate of drug-likeness (QED) is 0.294. The summed E-state index contributed by atoms with van der Waals surface area (Å²) in [5, 5.41) is 10.4. The summed E-state index contributed by atoms with van der Waals surface area (Å²) in [6.45, 7) is 5.65. The first-order valence-corrected chi connectivity index (χ1v) is 18.5. The number of morpholine rings is 2. The van der Waals surface area contributed by atoms with Crippen molar-refractivity contribution in [3.8, 4) is 11.5 Å². The first kappa shape index (κ1) is 33.6. The minimum atomic E-state index is -0.755. The van der Waals surface area contributed by atoms with Crippen LogP contribution in [0.3, 0.4) is 0 Å². The van der Waals surface area contributed by atoms with E-state index in [2.05, 4.69) is 9.80 Å². The predicted molar refractivity (Wildman–Crippen MR) is 196 cm³/mol. The summed E-state index contributed by atoms with van der Waals surface area (Å²) in [6, 6.07) is 19.8. The number of hydrogen-bond donors (Lipinski definition) is 1. The molecule has 6 aliphatic rings. The number of phenolic OH excluding ortho intramolecular Hbond substituents is 1. The van der Waals surface area contributed by atoms with Gasteiger partial charge in [-0.25, -0.2) is 0 Å². The molecule has 4 amide bonds. The van der Waals surface area contributed by atoms with E-state index in [1.54, 1.807) is 12.1 Å².